The summed E-state index contributed by atoms with van der Waals surface area (Å²) in [4.78, 5) is 14.8. The van der Waals surface area contributed by atoms with Crippen LogP contribution in [0.15, 0.2) is 18.2 Å². The fourth-order valence-corrected chi connectivity index (χ4v) is 2.65. The Morgan fingerprint density at radius 2 is 2.00 bits per heavy atom. The highest BCUT2D eigenvalue weighted by molar-refractivity contribution is 5.97. The standard InChI is InChI=1S/C18H29N3O/c1-13(2)15(4)20-17-8-5-7-16(14(17)3)18(22)21-11-6-9-19-10-12-21/h5,7-8,13,15,19-20H,6,9-12H2,1-4H3. The molecule has 1 heterocycles. The number of hydrogen-bond donors (Lipinski definition) is 2. The highest BCUT2D eigenvalue weighted by Crippen LogP contribution is 2.22. The number of nitrogens with zero attached hydrogens (tertiary/aromatic N) is 1. The van der Waals surface area contributed by atoms with Crippen LogP contribution >= 0.6 is 0 Å². The number of carbonyl (C=O) groups is 1. The van der Waals surface area contributed by atoms with Crippen LogP contribution < -0.4 is 10.6 Å². The Bertz CT molecular complexity index is 505. The predicted octanol–water partition coefficient (Wildman–Crippen LogP) is 2.89. The first-order valence-electron chi connectivity index (χ1n) is 8.37. The molecule has 1 aliphatic heterocycles. The van der Waals surface area contributed by atoms with Crippen LogP contribution in [0.3, 0.4) is 0 Å². The zero-order chi connectivity index (χ0) is 16.1. The summed E-state index contributed by atoms with van der Waals surface area (Å²) < 4.78 is 0. The highest BCUT2D eigenvalue weighted by atomic mass is 16.2. The summed E-state index contributed by atoms with van der Waals surface area (Å²) in [5, 5.41) is 6.88. The van der Waals surface area contributed by atoms with Crippen molar-refractivity contribution in [1.82, 2.24) is 10.2 Å². The summed E-state index contributed by atoms with van der Waals surface area (Å²) in [5.41, 5.74) is 2.94. The Balaban J connectivity index is 2.18. The van der Waals surface area contributed by atoms with E-state index in [-0.39, 0.29) is 5.91 Å². The molecule has 1 amide bonds. The van der Waals surface area contributed by atoms with Gasteiger partial charge in [0, 0.05) is 36.9 Å². The van der Waals surface area contributed by atoms with Gasteiger partial charge in [-0.2, -0.15) is 0 Å². The molecule has 4 nitrogen and oxygen atoms in total. The van der Waals surface area contributed by atoms with Crippen molar-refractivity contribution >= 4 is 11.6 Å². The van der Waals surface area contributed by atoms with Crippen LogP contribution in [0.4, 0.5) is 5.69 Å². The van der Waals surface area contributed by atoms with Crippen molar-refractivity contribution in [2.75, 3.05) is 31.5 Å². The van der Waals surface area contributed by atoms with Gasteiger partial charge in [0.2, 0.25) is 0 Å². The first-order valence-corrected chi connectivity index (χ1v) is 8.37. The van der Waals surface area contributed by atoms with E-state index in [4.69, 9.17) is 0 Å². The second-order valence-electron chi connectivity index (χ2n) is 6.55. The van der Waals surface area contributed by atoms with Crippen molar-refractivity contribution in [2.45, 2.75) is 40.2 Å². The van der Waals surface area contributed by atoms with Gasteiger partial charge in [-0.3, -0.25) is 4.79 Å². The normalized spacial score (nSPS) is 17.2. The van der Waals surface area contributed by atoms with Crippen molar-refractivity contribution < 1.29 is 4.79 Å². The molecule has 1 saturated heterocycles. The molecule has 1 aromatic carbocycles. The number of carbonyl (C=O) groups excluding carboxylic acids is 1. The smallest absolute Gasteiger partial charge is 0.254 e. The molecule has 1 aromatic rings. The quantitative estimate of drug-likeness (QED) is 0.899. The largest absolute Gasteiger partial charge is 0.382 e. The molecule has 22 heavy (non-hydrogen) atoms. The van der Waals surface area contributed by atoms with Crippen molar-refractivity contribution in [2.24, 2.45) is 5.92 Å². The summed E-state index contributed by atoms with van der Waals surface area (Å²) in [6, 6.07) is 6.37. The molecule has 1 atom stereocenters. The Morgan fingerprint density at radius 1 is 1.23 bits per heavy atom. The van der Waals surface area contributed by atoms with Crippen molar-refractivity contribution in [1.29, 1.82) is 0 Å². The van der Waals surface area contributed by atoms with Crippen LogP contribution in [0.5, 0.6) is 0 Å². The molecule has 0 aliphatic carbocycles. The number of benzene rings is 1. The maximum atomic E-state index is 12.8. The molecule has 122 valence electrons. The number of hydrogen-bond acceptors (Lipinski definition) is 3. The van der Waals surface area contributed by atoms with E-state index in [1.54, 1.807) is 0 Å². The fourth-order valence-electron chi connectivity index (χ4n) is 2.65. The Labute approximate surface area is 134 Å². The third-order valence-corrected chi connectivity index (χ3v) is 4.57. The Hall–Kier alpha value is -1.55. The summed E-state index contributed by atoms with van der Waals surface area (Å²) in [5.74, 6) is 0.706. The van der Waals surface area contributed by atoms with Gasteiger partial charge >= 0.3 is 0 Å². The number of amides is 1. The van der Waals surface area contributed by atoms with Crippen LogP contribution in [-0.2, 0) is 0 Å². The minimum atomic E-state index is 0.155. The zero-order valence-electron chi connectivity index (χ0n) is 14.3. The van der Waals surface area contributed by atoms with Gasteiger partial charge in [0.1, 0.15) is 0 Å². The average Bonchev–Trinajstić information content (AvgIpc) is 2.77. The average molecular weight is 303 g/mol. The van der Waals surface area contributed by atoms with Crippen molar-refractivity contribution in [3.8, 4) is 0 Å². The Morgan fingerprint density at radius 3 is 2.73 bits per heavy atom. The van der Waals surface area contributed by atoms with Gasteiger partial charge in [0.05, 0.1) is 0 Å². The van der Waals surface area contributed by atoms with E-state index in [9.17, 15) is 4.79 Å². The lowest BCUT2D eigenvalue weighted by Gasteiger charge is -2.24. The molecule has 0 spiro atoms. The second kappa shape index (κ2) is 7.63. The lowest BCUT2D eigenvalue weighted by Crippen LogP contribution is -2.34. The third kappa shape index (κ3) is 4.01. The molecule has 0 bridgehead atoms. The van der Waals surface area contributed by atoms with E-state index >= 15 is 0 Å². The topological polar surface area (TPSA) is 44.4 Å². The predicted molar refractivity (Wildman–Crippen MR) is 92.5 cm³/mol. The monoisotopic (exact) mass is 303 g/mol. The Kier molecular flexibility index (Phi) is 5.83. The van der Waals surface area contributed by atoms with E-state index < -0.39 is 0 Å². The van der Waals surface area contributed by atoms with Gasteiger partial charge in [0.25, 0.3) is 5.91 Å². The van der Waals surface area contributed by atoms with Crippen LogP contribution in [-0.4, -0.2) is 43.0 Å². The first-order chi connectivity index (χ1) is 10.5. The zero-order valence-corrected chi connectivity index (χ0v) is 14.3. The summed E-state index contributed by atoms with van der Waals surface area (Å²) in [7, 11) is 0. The maximum Gasteiger partial charge on any atom is 0.254 e. The van der Waals surface area contributed by atoms with E-state index in [0.717, 1.165) is 49.4 Å². The number of nitrogens with one attached hydrogen (secondary N) is 2. The molecule has 2 N–H and O–H groups in total. The minimum Gasteiger partial charge on any atom is -0.382 e. The second-order valence-corrected chi connectivity index (χ2v) is 6.55. The highest BCUT2D eigenvalue weighted by Gasteiger charge is 2.20. The van der Waals surface area contributed by atoms with Gasteiger partial charge in [-0.15, -0.1) is 0 Å². The first kappa shape index (κ1) is 16.8. The number of anilines is 1. The van der Waals surface area contributed by atoms with Gasteiger partial charge in [-0.05, 0) is 50.4 Å². The molecule has 0 radical (unpaired) electrons. The van der Waals surface area contributed by atoms with Gasteiger partial charge in [-0.1, -0.05) is 19.9 Å². The van der Waals surface area contributed by atoms with Crippen molar-refractivity contribution in [3.63, 3.8) is 0 Å². The lowest BCUT2D eigenvalue weighted by atomic mass is 10.0. The number of rotatable bonds is 4. The molecule has 1 unspecified atom stereocenters. The van der Waals surface area contributed by atoms with E-state index in [0.29, 0.717) is 12.0 Å². The molecule has 2 rings (SSSR count). The maximum absolute atomic E-state index is 12.8. The minimum absolute atomic E-state index is 0.155. The molecular weight excluding hydrogens is 274 g/mol. The SMILES string of the molecule is Cc1c(NC(C)C(C)C)cccc1C(=O)N1CCCNCC1. The molecule has 4 heteroatoms. The van der Waals surface area contributed by atoms with Gasteiger partial charge in [-0.25, -0.2) is 0 Å². The van der Waals surface area contributed by atoms with E-state index in [1.807, 2.05) is 24.0 Å². The summed E-state index contributed by atoms with van der Waals surface area (Å²) >= 11 is 0. The van der Waals surface area contributed by atoms with Crippen LogP contribution in [0.2, 0.25) is 0 Å². The molecule has 1 fully saturated rings. The van der Waals surface area contributed by atoms with Gasteiger partial charge in [0.15, 0.2) is 0 Å². The third-order valence-electron chi connectivity index (χ3n) is 4.57. The van der Waals surface area contributed by atoms with Gasteiger partial charge < -0.3 is 15.5 Å². The van der Waals surface area contributed by atoms with Crippen molar-refractivity contribution in [3.05, 3.63) is 29.3 Å². The fraction of sp³-hybridized carbons (Fsp3) is 0.611. The summed E-state index contributed by atoms with van der Waals surface area (Å²) in [6.45, 7) is 12.1. The molecular formula is C18H29N3O. The van der Waals surface area contributed by atoms with E-state index in [1.165, 1.54) is 0 Å². The van der Waals surface area contributed by atoms with Crippen LogP contribution in [0, 0.1) is 12.8 Å². The molecule has 1 aliphatic rings. The lowest BCUT2D eigenvalue weighted by molar-refractivity contribution is 0.0765. The molecule has 0 aromatic heterocycles. The van der Waals surface area contributed by atoms with E-state index in [2.05, 4.69) is 37.5 Å². The molecule has 0 saturated carbocycles. The van der Waals surface area contributed by atoms with Crippen LogP contribution in [0.25, 0.3) is 0 Å². The summed E-state index contributed by atoms with van der Waals surface area (Å²) in [6.07, 6.45) is 1.02. The van der Waals surface area contributed by atoms with Crippen LogP contribution in [0.1, 0.15) is 43.1 Å².